The lowest BCUT2D eigenvalue weighted by atomic mass is 9.97. The van der Waals surface area contributed by atoms with E-state index >= 15 is 0 Å². The molecule has 0 radical (unpaired) electrons. The molecular weight excluding hydrogens is 208 g/mol. The van der Waals surface area contributed by atoms with Gasteiger partial charge in [0.15, 0.2) is 0 Å². The van der Waals surface area contributed by atoms with Crippen molar-refractivity contribution in [3.8, 4) is 0 Å². The lowest BCUT2D eigenvalue weighted by Crippen LogP contribution is -2.00. The van der Waals surface area contributed by atoms with Crippen LogP contribution in [-0.4, -0.2) is 5.11 Å². The second-order valence-corrected chi connectivity index (χ2v) is 4.74. The van der Waals surface area contributed by atoms with Crippen LogP contribution in [0.5, 0.6) is 0 Å². The molecule has 0 fully saturated rings. The molecule has 2 aromatic carbocycles. The van der Waals surface area contributed by atoms with E-state index in [0.29, 0.717) is 0 Å². The maximum atomic E-state index is 10.4. The summed E-state index contributed by atoms with van der Waals surface area (Å²) in [4.78, 5) is 0. The summed E-state index contributed by atoms with van der Waals surface area (Å²) in [5.74, 6) is 0. The van der Waals surface area contributed by atoms with Crippen molar-refractivity contribution < 1.29 is 5.11 Å². The Hall–Kier alpha value is -1.60. The average Bonchev–Trinajstić information content (AvgIpc) is 2.26. The van der Waals surface area contributed by atoms with Gasteiger partial charge in [0.1, 0.15) is 6.10 Å². The van der Waals surface area contributed by atoms with E-state index in [9.17, 15) is 5.11 Å². The lowest BCUT2D eigenvalue weighted by Gasteiger charge is -2.13. The molecule has 0 amide bonds. The Morgan fingerprint density at radius 3 is 1.94 bits per heavy atom. The van der Waals surface area contributed by atoms with Gasteiger partial charge in [-0.25, -0.2) is 0 Å². The van der Waals surface area contributed by atoms with Gasteiger partial charge in [0.25, 0.3) is 0 Å². The normalized spacial score (nSPS) is 12.5. The molecular formula is C16H18O. The van der Waals surface area contributed by atoms with Gasteiger partial charge in [0, 0.05) is 0 Å². The zero-order valence-electron chi connectivity index (χ0n) is 10.6. The van der Waals surface area contributed by atoms with E-state index in [1.165, 1.54) is 16.7 Å². The number of benzene rings is 2. The van der Waals surface area contributed by atoms with Crippen LogP contribution < -0.4 is 0 Å². The fraction of sp³-hybridized carbons (Fsp3) is 0.250. The Balaban J connectivity index is 2.39. The van der Waals surface area contributed by atoms with Gasteiger partial charge in [-0.2, -0.15) is 0 Å². The third-order valence-corrected chi connectivity index (χ3v) is 2.92. The molecule has 2 rings (SSSR count). The minimum absolute atomic E-state index is 0.534. The summed E-state index contributed by atoms with van der Waals surface area (Å²) in [5, 5.41) is 10.4. The van der Waals surface area contributed by atoms with Crippen LogP contribution in [-0.2, 0) is 0 Å². The molecule has 0 saturated heterocycles. The summed E-state index contributed by atoms with van der Waals surface area (Å²) in [7, 11) is 0. The number of hydrogen-bond acceptors (Lipinski definition) is 1. The minimum Gasteiger partial charge on any atom is -0.384 e. The summed E-state index contributed by atoms with van der Waals surface area (Å²) in [6.45, 7) is 6.15. The van der Waals surface area contributed by atoms with Gasteiger partial charge in [-0.1, -0.05) is 59.2 Å². The summed E-state index contributed by atoms with van der Waals surface area (Å²) in [6, 6.07) is 14.2. The first-order chi connectivity index (χ1) is 8.06. The molecule has 0 aromatic heterocycles. The first kappa shape index (κ1) is 11.9. The molecule has 0 saturated carbocycles. The first-order valence-corrected chi connectivity index (χ1v) is 5.89. The molecule has 1 nitrogen and oxygen atoms in total. The predicted octanol–water partition coefficient (Wildman–Crippen LogP) is 3.69. The Bertz CT molecular complexity index is 509. The highest BCUT2D eigenvalue weighted by Gasteiger charge is 2.10. The van der Waals surface area contributed by atoms with E-state index < -0.39 is 6.10 Å². The number of aliphatic hydroxyl groups excluding tert-OH is 1. The fourth-order valence-corrected chi connectivity index (χ4v) is 2.20. The van der Waals surface area contributed by atoms with Crippen LogP contribution in [0.2, 0.25) is 0 Å². The molecule has 1 heteroatoms. The largest absolute Gasteiger partial charge is 0.384 e. The predicted molar refractivity (Wildman–Crippen MR) is 71.2 cm³/mol. The van der Waals surface area contributed by atoms with Crippen molar-refractivity contribution in [3.63, 3.8) is 0 Å². The van der Waals surface area contributed by atoms with E-state index in [1.807, 2.05) is 43.3 Å². The third kappa shape index (κ3) is 2.75. The van der Waals surface area contributed by atoms with Crippen molar-refractivity contribution in [2.45, 2.75) is 26.9 Å². The topological polar surface area (TPSA) is 20.2 Å². The van der Waals surface area contributed by atoms with Crippen molar-refractivity contribution in [2.75, 3.05) is 0 Å². The summed E-state index contributed by atoms with van der Waals surface area (Å²) in [5.41, 5.74) is 5.47. The van der Waals surface area contributed by atoms with Gasteiger partial charge in [-0.3, -0.25) is 0 Å². The van der Waals surface area contributed by atoms with Crippen molar-refractivity contribution >= 4 is 0 Å². The summed E-state index contributed by atoms with van der Waals surface area (Å²) < 4.78 is 0. The molecule has 0 bridgehead atoms. The van der Waals surface area contributed by atoms with Crippen LogP contribution in [0, 0.1) is 20.8 Å². The number of aliphatic hydroxyl groups is 1. The van der Waals surface area contributed by atoms with Gasteiger partial charge in [-0.15, -0.1) is 0 Å². The fourth-order valence-electron chi connectivity index (χ4n) is 2.20. The Morgan fingerprint density at radius 2 is 1.35 bits per heavy atom. The molecule has 0 aliphatic rings. The number of hydrogen-bond donors (Lipinski definition) is 1. The molecule has 0 heterocycles. The quantitative estimate of drug-likeness (QED) is 0.828. The highest BCUT2D eigenvalue weighted by atomic mass is 16.3. The van der Waals surface area contributed by atoms with Gasteiger partial charge in [0.2, 0.25) is 0 Å². The zero-order valence-corrected chi connectivity index (χ0v) is 10.6. The van der Waals surface area contributed by atoms with Crippen LogP contribution in [0.4, 0.5) is 0 Å². The zero-order chi connectivity index (χ0) is 12.4. The molecule has 1 atom stereocenters. The van der Waals surface area contributed by atoms with E-state index in [2.05, 4.69) is 19.9 Å². The van der Waals surface area contributed by atoms with Crippen LogP contribution in [0.3, 0.4) is 0 Å². The van der Waals surface area contributed by atoms with Gasteiger partial charge in [-0.05, 0) is 31.9 Å². The van der Waals surface area contributed by atoms with Crippen LogP contribution in [0.15, 0.2) is 42.5 Å². The molecule has 88 valence electrons. The van der Waals surface area contributed by atoms with Crippen LogP contribution >= 0.6 is 0 Å². The maximum Gasteiger partial charge on any atom is 0.104 e. The van der Waals surface area contributed by atoms with Crippen LogP contribution in [0.1, 0.15) is 33.9 Å². The maximum absolute atomic E-state index is 10.4. The second-order valence-electron chi connectivity index (χ2n) is 4.74. The van der Waals surface area contributed by atoms with Crippen molar-refractivity contribution in [2.24, 2.45) is 0 Å². The van der Waals surface area contributed by atoms with E-state index in [-0.39, 0.29) is 0 Å². The number of aryl methyl sites for hydroxylation is 3. The molecule has 0 spiro atoms. The Kier molecular flexibility index (Phi) is 3.30. The summed E-state index contributed by atoms with van der Waals surface area (Å²) in [6.07, 6.45) is -0.534. The monoisotopic (exact) mass is 226 g/mol. The highest BCUT2D eigenvalue weighted by molar-refractivity contribution is 5.36. The molecule has 0 aliphatic heterocycles. The standard InChI is InChI=1S/C16H18O/c1-11-5-4-6-14(8-11)16(17)15-9-12(2)7-13(3)10-15/h4-10,16-17H,1-3H3/t16-/m1/s1. The van der Waals surface area contributed by atoms with Crippen molar-refractivity contribution in [3.05, 3.63) is 70.3 Å². The van der Waals surface area contributed by atoms with E-state index in [0.717, 1.165) is 11.1 Å². The molecule has 0 aliphatic carbocycles. The second kappa shape index (κ2) is 4.72. The highest BCUT2D eigenvalue weighted by Crippen LogP contribution is 2.24. The summed E-state index contributed by atoms with van der Waals surface area (Å²) >= 11 is 0. The van der Waals surface area contributed by atoms with E-state index in [1.54, 1.807) is 0 Å². The van der Waals surface area contributed by atoms with Gasteiger partial charge >= 0.3 is 0 Å². The lowest BCUT2D eigenvalue weighted by molar-refractivity contribution is 0.220. The molecule has 0 unspecified atom stereocenters. The van der Waals surface area contributed by atoms with Gasteiger partial charge < -0.3 is 5.11 Å². The van der Waals surface area contributed by atoms with E-state index in [4.69, 9.17) is 0 Å². The SMILES string of the molecule is Cc1cccc([C@@H](O)c2cc(C)cc(C)c2)c1. The molecule has 17 heavy (non-hydrogen) atoms. The molecule has 1 N–H and O–H groups in total. The first-order valence-electron chi connectivity index (χ1n) is 5.89. The van der Waals surface area contributed by atoms with Gasteiger partial charge in [0.05, 0.1) is 0 Å². The smallest absolute Gasteiger partial charge is 0.104 e. The van der Waals surface area contributed by atoms with Crippen molar-refractivity contribution in [1.82, 2.24) is 0 Å². The minimum atomic E-state index is -0.534. The Morgan fingerprint density at radius 1 is 0.765 bits per heavy atom. The van der Waals surface area contributed by atoms with Crippen molar-refractivity contribution in [1.29, 1.82) is 0 Å². The van der Waals surface area contributed by atoms with Crippen LogP contribution in [0.25, 0.3) is 0 Å². The average molecular weight is 226 g/mol. The Labute approximate surface area is 103 Å². The number of rotatable bonds is 2. The molecule has 2 aromatic rings. The third-order valence-electron chi connectivity index (χ3n) is 2.92.